The van der Waals surface area contributed by atoms with Crippen LogP contribution in [0.3, 0.4) is 0 Å². The van der Waals surface area contributed by atoms with Crippen molar-refractivity contribution in [3.05, 3.63) is 11.6 Å². The molecule has 4 aliphatic rings. The molecule has 2 saturated carbocycles. The van der Waals surface area contributed by atoms with Crippen molar-refractivity contribution in [1.82, 2.24) is 5.32 Å². The summed E-state index contributed by atoms with van der Waals surface area (Å²) in [6, 6.07) is 0. The molecule has 0 radical (unpaired) electrons. The lowest BCUT2D eigenvalue weighted by atomic mass is 9.58. The third-order valence-electron chi connectivity index (χ3n) is 7.00. The van der Waals surface area contributed by atoms with Gasteiger partial charge in [0.05, 0.1) is 5.92 Å². The Morgan fingerprint density at radius 3 is 2.67 bits per heavy atom. The van der Waals surface area contributed by atoms with Crippen molar-refractivity contribution in [3.8, 4) is 0 Å². The average molecular weight is 289 g/mol. The molecule has 3 nitrogen and oxygen atoms in total. The van der Waals surface area contributed by atoms with E-state index < -0.39 is 5.97 Å². The van der Waals surface area contributed by atoms with Crippen LogP contribution in [-0.4, -0.2) is 24.2 Å². The van der Waals surface area contributed by atoms with Crippen molar-refractivity contribution in [1.29, 1.82) is 0 Å². The quantitative estimate of drug-likeness (QED) is 0.729. The van der Waals surface area contributed by atoms with Gasteiger partial charge in [-0.3, -0.25) is 4.79 Å². The molecule has 2 N–H and O–H groups in total. The van der Waals surface area contributed by atoms with Crippen LogP contribution in [0.1, 0.15) is 44.9 Å². The molecule has 21 heavy (non-hydrogen) atoms. The van der Waals surface area contributed by atoms with Crippen LogP contribution in [-0.2, 0) is 4.79 Å². The van der Waals surface area contributed by atoms with E-state index in [1.807, 2.05) is 0 Å². The van der Waals surface area contributed by atoms with Crippen LogP contribution in [0.2, 0.25) is 0 Å². The van der Waals surface area contributed by atoms with E-state index >= 15 is 0 Å². The third-order valence-corrected chi connectivity index (χ3v) is 7.00. The molecule has 4 rings (SSSR count). The number of carbonyl (C=O) groups is 1. The highest BCUT2D eigenvalue weighted by molar-refractivity contribution is 5.70. The zero-order valence-electron chi connectivity index (χ0n) is 12.8. The summed E-state index contributed by atoms with van der Waals surface area (Å²) in [5.41, 5.74) is 1.72. The number of aliphatic carboxylic acids is 1. The van der Waals surface area contributed by atoms with Gasteiger partial charge in [-0.2, -0.15) is 0 Å². The molecule has 3 aliphatic carbocycles. The highest BCUT2D eigenvalue weighted by atomic mass is 16.4. The summed E-state index contributed by atoms with van der Waals surface area (Å²) in [4.78, 5) is 11.5. The van der Waals surface area contributed by atoms with Crippen LogP contribution < -0.4 is 5.32 Å². The minimum absolute atomic E-state index is 0.0443. The van der Waals surface area contributed by atoms with Crippen LogP contribution >= 0.6 is 0 Å². The Hall–Kier alpha value is -0.830. The SMILES string of the molecule is O=C(O)C1CCC2C1CCC1C3CCNCCC3=CCC12. The number of hydrogen-bond donors (Lipinski definition) is 2. The Morgan fingerprint density at radius 2 is 1.81 bits per heavy atom. The molecule has 0 bridgehead atoms. The van der Waals surface area contributed by atoms with E-state index in [1.54, 1.807) is 5.57 Å². The van der Waals surface area contributed by atoms with Crippen LogP contribution in [0.25, 0.3) is 0 Å². The van der Waals surface area contributed by atoms with Gasteiger partial charge in [0.1, 0.15) is 0 Å². The lowest BCUT2D eigenvalue weighted by molar-refractivity contribution is -0.144. The minimum Gasteiger partial charge on any atom is -0.481 e. The maximum atomic E-state index is 11.5. The zero-order valence-corrected chi connectivity index (χ0v) is 12.8. The Bertz CT molecular complexity index is 458. The predicted molar refractivity (Wildman–Crippen MR) is 81.8 cm³/mol. The van der Waals surface area contributed by atoms with Crippen LogP contribution in [0, 0.1) is 35.5 Å². The number of fused-ring (bicyclic) bond motifs is 5. The first-order valence-corrected chi connectivity index (χ1v) is 8.88. The van der Waals surface area contributed by atoms with Gasteiger partial charge in [-0.05, 0) is 87.6 Å². The maximum absolute atomic E-state index is 11.5. The fourth-order valence-corrected chi connectivity index (χ4v) is 6.13. The fourth-order valence-electron chi connectivity index (χ4n) is 6.13. The highest BCUT2D eigenvalue weighted by Crippen LogP contribution is 2.56. The van der Waals surface area contributed by atoms with E-state index in [4.69, 9.17) is 0 Å². The van der Waals surface area contributed by atoms with Gasteiger partial charge in [0, 0.05) is 0 Å². The van der Waals surface area contributed by atoms with Crippen molar-refractivity contribution in [2.24, 2.45) is 35.5 Å². The smallest absolute Gasteiger partial charge is 0.306 e. The Balaban J connectivity index is 1.57. The van der Waals surface area contributed by atoms with Crippen molar-refractivity contribution in [2.45, 2.75) is 44.9 Å². The van der Waals surface area contributed by atoms with Crippen LogP contribution in [0.5, 0.6) is 0 Å². The largest absolute Gasteiger partial charge is 0.481 e. The standard InChI is InChI=1S/C18H27NO2/c20-18(21)17-6-5-15-14-2-1-11-7-9-19-10-8-12(11)13(14)3-4-16(15)17/h1,12-17,19H,2-10H2,(H,20,21). The zero-order chi connectivity index (χ0) is 14.4. The van der Waals surface area contributed by atoms with E-state index in [1.165, 1.54) is 32.1 Å². The topological polar surface area (TPSA) is 49.3 Å². The molecule has 1 aliphatic heterocycles. The minimum atomic E-state index is -0.536. The van der Waals surface area contributed by atoms with E-state index in [-0.39, 0.29) is 5.92 Å². The van der Waals surface area contributed by atoms with Gasteiger partial charge in [-0.25, -0.2) is 0 Å². The maximum Gasteiger partial charge on any atom is 0.306 e. The van der Waals surface area contributed by atoms with E-state index in [0.29, 0.717) is 11.8 Å². The van der Waals surface area contributed by atoms with Gasteiger partial charge in [0.15, 0.2) is 0 Å². The van der Waals surface area contributed by atoms with Crippen molar-refractivity contribution < 1.29 is 9.90 Å². The summed E-state index contributed by atoms with van der Waals surface area (Å²) in [5.74, 6) is 3.01. The summed E-state index contributed by atoms with van der Waals surface area (Å²) >= 11 is 0. The van der Waals surface area contributed by atoms with Gasteiger partial charge >= 0.3 is 5.97 Å². The second kappa shape index (κ2) is 5.42. The lowest BCUT2D eigenvalue weighted by Crippen LogP contribution is -2.40. The summed E-state index contributed by atoms with van der Waals surface area (Å²) < 4.78 is 0. The van der Waals surface area contributed by atoms with E-state index in [2.05, 4.69) is 11.4 Å². The number of allylic oxidation sites excluding steroid dienone is 1. The normalized spacial score (nSPS) is 45.8. The second-order valence-corrected chi connectivity index (χ2v) is 7.66. The first kappa shape index (κ1) is 13.8. The molecule has 0 aromatic carbocycles. The number of carboxylic acids is 1. The molecule has 6 atom stereocenters. The summed E-state index contributed by atoms with van der Waals surface area (Å²) in [5, 5.41) is 13.0. The number of rotatable bonds is 1. The molecule has 6 unspecified atom stereocenters. The Kier molecular flexibility index (Phi) is 3.56. The van der Waals surface area contributed by atoms with Crippen LogP contribution in [0.15, 0.2) is 11.6 Å². The first-order chi connectivity index (χ1) is 10.3. The monoisotopic (exact) mass is 289 g/mol. The first-order valence-electron chi connectivity index (χ1n) is 8.88. The molecule has 3 heteroatoms. The molecule has 0 spiro atoms. The van der Waals surface area contributed by atoms with E-state index in [9.17, 15) is 9.90 Å². The van der Waals surface area contributed by atoms with Gasteiger partial charge in [-0.15, -0.1) is 0 Å². The predicted octanol–water partition coefficient (Wildman–Crippen LogP) is 3.07. The number of carboxylic acid groups (broad SMARTS) is 1. The molecule has 0 aromatic rings. The summed E-state index contributed by atoms with van der Waals surface area (Å²) in [7, 11) is 0. The summed E-state index contributed by atoms with van der Waals surface area (Å²) in [6.45, 7) is 2.31. The van der Waals surface area contributed by atoms with Gasteiger partial charge in [-0.1, -0.05) is 11.6 Å². The molecular weight excluding hydrogens is 262 g/mol. The van der Waals surface area contributed by atoms with Crippen LogP contribution in [0.4, 0.5) is 0 Å². The van der Waals surface area contributed by atoms with E-state index in [0.717, 1.165) is 43.7 Å². The fraction of sp³-hybridized carbons (Fsp3) is 0.833. The highest BCUT2D eigenvalue weighted by Gasteiger charge is 2.50. The van der Waals surface area contributed by atoms with Crippen molar-refractivity contribution in [2.75, 3.05) is 13.1 Å². The summed E-state index contributed by atoms with van der Waals surface area (Å²) in [6.07, 6.45) is 10.8. The second-order valence-electron chi connectivity index (χ2n) is 7.66. The molecule has 0 aromatic heterocycles. The Labute approximate surface area is 127 Å². The average Bonchev–Trinajstić information content (AvgIpc) is 2.77. The third kappa shape index (κ3) is 2.25. The number of nitrogens with one attached hydrogen (secondary N) is 1. The molecule has 1 heterocycles. The molecule has 0 amide bonds. The van der Waals surface area contributed by atoms with Crippen molar-refractivity contribution >= 4 is 5.97 Å². The Morgan fingerprint density at radius 1 is 1.00 bits per heavy atom. The van der Waals surface area contributed by atoms with Gasteiger partial charge in [0.25, 0.3) is 0 Å². The van der Waals surface area contributed by atoms with Gasteiger partial charge in [0.2, 0.25) is 0 Å². The molecular formula is C18H27NO2. The molecule has 3 fully saturated rings. The van der Waals surface area contributed by atoms with Gasteiger partial charge < -0.3 is 10.4 Å². The lowest BCUT2D eigenvalue weighted by Gasteiger charge is -2.47. The van der Waals surface area contributed by atoms with Crippen molar-refractivity contribution in [3.63, 3.8) is 0 Å². The molecule has 116 valence electrons. The number of hydrogen-bond acceptors (Lipinski definition) is 2. The molecule has 1 saturated heterocycles.